The average molecular weight is 276 g/mol. The summed E-state index contributed by atoms with van der Waals surface area (Å²) in [5.74, 6) is 0.971. The SMILES string of the molecule is c1cc(OCCC2CCCO2)cc(N2CCNCC2)c1. The normalized spacial score (nSPS) is 23.0. The summed E-state index contributed by atoms with van der Waals surface area (Å²) in [5, 5.41) is 3.38. The summed E-state index contributed by atoms with van der Waals surface area (Å²) in [4.78, 5) is 2.41. The van der Waals surface area contributed by atoms with Gasteiger partial charge < -0.3 is 19.7 Å². The van der Waals surface area contributed by atoms with Gasteiger partial charge in [-0.1, -0.05) is 6.07 Å². The molecule has 2 aliphatic heterocycles. The monoisotopic (exact) mass is 276 g/mol. The Morgan fingerprint density at radius 3 is 3.00 bits per heavy atom. The molecule has 1 aromatic carbocycles. The molecule has 1 N–H and O–H groups in total. The van der Waals surface area contributed by atoms with Crippen molar-refractivity contribution < 1.29 is 9.47 Å². The molecular weight excluding hydrogens is 252 g/mol. The highest BCUT2D eigenvalue weighted by Crippen LogP contribution is 2.22. The summed E-state index contributed by atoms with van der Waals surface area (Å²) in [6, 6.07) is 8.44. The van der Waals surface area contributed by atoms with Gasteiger partial charge in [-0.3, -0.25) is 0 Å². The number of anilines is 1. The van der Waals surface area contributed by atoms with Gasteiger partial charge >= 0.3 is 0 Å². The van der Waals surface area contributed by atoms with E-state index in [-0.39, 0.29) is 0 Å². The van der Waals surface area contributed by atoms with Gasteiger partial charge in [0.05, 0.1) is 12.7 Å². The van der Waals surface area contributed by atoms with Crippen LogP contribution < -0.4 is 15.0 Å². The molecule has 1 atom stereocenters. The minimum Gasteiger partial charge on any atom is -0.493 e. The van der Waals surface area contributed by atoms with Crippen LogP contribution in [-0.4, -0.2) is 45.5 Å². The van der Waals surface area contributed by atoms with Crippen LogP contribution in [0.25, 0.3) is 0 Å². The molecule has 0 saturated carbocycles. The van der Waals surface area contributed by atoms with E-state index in [9.17, 15) is 0 Å². The van der Waals surface area contributed by atoms with Gasteiger partial charge in [-0.25, -0.2) is 0 Å². The number of hydrogen-bond donors (Lipinski definition) is 1. The highest BCUT2D eigenvalue weighted by molar-refractivity contribution is 5.51. The standard InChI is InChI=1S/C16H24N2O2/c1-3-14(18-9-7-17-8-10-18)13-16(4-1)20-12-6-15-5-2-11-19-15/h1,3-4,13,15,17H,2,5-12H2. The Hall–Kier alpha value is -1.26. The molecule has 2 aliphatic rings. The average Bonchev–Trinajstić information content (AvgIpc) is 3.02. The fourth-order valence-corrected chi connectivity index (χ4v) is 2.87. The zero-order valence-corrected chi connectivity index (χ0v) is 12.0. The quantitative estimate of drug-likeness (QED) is 0.892. The summed E-state index contributed by atoms with van der Waals surface area (Å²) in [6.45, 7) is 5.92. The van der Waals surface area contributed by atoms with Crippen molar-refractivity contribution in [3.63, 3.8) is 0 Å². The zero-order chi connectivity index (χ0) is 13.6. The minimum atomic E-state index is 0.409. The Bertz CT molecular complexity index is 413. The van der Waals surface area contributed by atoms with Crippen molar-refractivity contribution in [1.29, 1.82) is 0 Å². The molecule has 4 heteroatoms. The molecule has 0 radical (unpaired) electrons. The highest BCUT2D eigenvalue weighted by Gasteiger charge is 2.15. The van der Waals surface area contributed by atoms with Gasteiger partial charge in [-0.05, 0) is 25.0 Å². The topological polar surface area (TPSA) is 33.7 Å². The third kappa shape index (κ3) is 3.64. The molecule has 20 heavy (non-hydrogen) atoms. The van der Waals surface area contributed by atoms with Crippen molar-refractivity contribution in [3.8, 4) is 5.75 Å². The highest BCUT2D eigenvalue weighted by atomic mass is 16.5. The predicted octanol–water partition coefficient (Wildman–Crippen LogP) is 2.04. The lowest BCUT2D eigenvalue weighted by molar-refractivity contribution is 0.0903. The van der Waals surface area contributed by atoms with Gasteiger partial charge in [0.2, 0.25) is 0 Å². The summed E-state index contributed by atoms with van der Waals surface area (Å²) in [6.07, 6.45) is 3.79. The Balaban J connectivity index is 1.51. The van der Waals surface area contributed by atoms with Crippen LogP contribution >= 0.6 is 0 Å². The molecule has 2 fully saturated rings. The van der Waals surface area contributed by atoms with Crippen molar-refractivity contribution in [2.45, 2.75) is 25.4 Å². The van der Waals surface area contributed by atoms with Crippen LogP contribution in [0.4, 0.5) is 5.69 Å². The van der Waals surface area contributed by atoms with E-state index in [0.29, 0.717) is 6.10 Å². The van der Waals surface area contributed by atoms with Gasteiger partial charge in [0.25, 0.3) is 0 Å². The van der Waals surface area contributed by atoms with Gasteiger partial charge in [0, 0.05) is 51.0 Å². The molecule has 2 saturated heterocycles. The Kier molecular flexibility index (Phi) is 4.77. The number of ether oxygens (including phenoxy) is 2. The minimum absolute atomic E-state index is 0.409. The van der Waals surface area contributed by atoms with E-state index in [0.717, 1.165) is 51.6 Å². The van der Waals surface area contributed by atoms with Crippen molar-refractivity contribution >= 4 is 5.69 Å². The van der Waals surface area contributed by atoms with E-state index < -0.39 is 0 Å². The Labute approximate surface area is 121 Å². The molecular formula is C16H24N2O2. The second-order valence-electron chi connectivity index (χ2n) is 5.51. The number of benzene rings is 1. The molecule has 110 valence electrons. The first-order chi connectivity index (χ1) is 9.92. The molecule has 0 amide bonds. The van der Waals surface area contributed by atoms with Crippen LogP contribution in [0.1, 0.15) is 19.3 Å². The molecule has 2 heterocycles. The molecule has 1 unspecified atom stereocenters. The molecule has 0 aromatic heterocycles. The number of piperazine rings is 1. The molecule has 4 nitrogen and oxygen atoms in total. The second-order valence-corrected chi connectivity index (χ2v) is 5.51. The predicted molar refractivity (Wildman–Crippen MR) is 80.6 cm³/mol. The van der Waals surface area contributed by atoms with E-state index in [2.05, 4.69) is 28.4 Å². The zero-order valence-electron chi connectivity index (χ0n) is 12.0. The maximum atomic E-state index is 5.88. The first-order valence-electron chi connectivity index (χ1n) is 7.72. The van der Waals surface area contributed by atoms with E-state index in [1.165, 1.54) is 18.5 Å². The van der Waals surface area contributed by atoms with Gasteiger partial charge in [0.15, 0.2) is 0 Å². The lowest BCUT2D eigenvalue weighted by atomic mass is 10.2. The maximum Gasteiger partial charge on any atom is 0.121 e. The molecule has 0 spiro atoms. The smallest absolute Gasteiger partial charge is 0.121 e. The maximum absolute atomic E-state index is 5.88. The Morgan fingerprint density at radius 2 is 2.20 bits per heavy atom. The van der Waals surface area contributed by atoms with Gasteiger partial charge in [-0.2, -0.15) is 0 Å². The van der Waals surface area contributed by atoms with Crippen molar-refractivity contribution in [2.75, 3.05) is 44.3 Å². The fraction of sp³-hybridized carbons (Fsp3) is 0.625. The van der Waals surface area contributed by atoms with E-state index in [1.807, 2.05) is 6.07 Å². The van der Waals surface area contributed by atoms with Crippen LogP contribution in [0.2, 0.25) is 0 Å². The van der Waals surface area contributed by atoms with Crippen LogP contribution in [0.15, 0.2) is 24.3 Å². The fourth-order valence-electron chi connectivity index (χ4n) is 2.87. The first-order valence-corrected chi connectivity index (χ1v) is 7.72. The second kappa shape index (κ2) is 6.95. The van der Waals surface area contributed by atoms with Crippen molar-refractivity contribution in [1.82, 2.24) is 5.32 Å². The van der Waals surface area contributed by atoms with Crippen LogP contribution in [-0.2, 0) is 4.74 Å². The molecule has 3 rings (SSSR count). The third-order valence-corrected chi connectivity index (χ3v) is 4.03. The molecule has 0 bridgehead atoms. The summed E-state index contributed by atoms with van der Waals surface area (Å²) >= 11 is 0. The van der Waals surface area contributed by atoms with Crippen LogP contribution in [0.3, 0.4) is 0 Å². The lowest BCUT2D eigenvalue weighted by Gasteiger charge is -2.29. The van der Waals surface area contributed by atoms with Crippen LogP contribution in [0, 0.1) is 0 Å². The number of nitrogens with zero attached hydrogens (tertiary/aromatic N) is 1. The summed E-state index contributed by atoms with van der Waals surface area (Å²) < 4.78 is 11.5. The Morgan fingerprint density at radius 1 is 1.30 bits per heavy atom. The van der Waals surface area contributed by atoms with Gasteiger partial charge in [-0.15, -0.1) is 0 Å². The van der Waals surface area contributed by atoms with Crippen LogP contribution in [0.5, 0.6) is 5.75 Å². The number of hydrogen-bond acceptors (Lipinski definition) is 4. The molecule has 0 aliphatic carbocycles. The van der Waals surface area contributed by atoms with Crippen molar-refractivity contribution in [2.24, 2.45) is 0 Å². The van der Waals surface area contributed by atoms with Crippen molar-refractivity contribution in [3.05, 3.63) is 24.3 Å². The molecule has 1 aromatic rings. The van der Waals surface area contributed by atoms with E-state index in [1.54, 1.807) is 0 Å². The number of rotatable bonds is 5. The van der Waals surface area contributed by atoms with E-state index >= 15 is 0 Å². The third-order valence-electron chi connectivity index (χ3n) is 4.03. The summed E-state index contributed by atoms with van der Waals surface area (Å²) in [5.41, 5.74) is 1.26. The largest absolute Gasteiger partial charge is 0.493 e. The van der Waals surface area contributed by atoms with E-state index in [4.69, 9.17) is 9.47 Å². The van der Waals surface area contributed by atoms with Gasteiger partial charge in [0.1, 0.15) is 5.75 Å². The first kappa shape index (κ1) is 13.7. The number of nitrogens with one attached hydrogen (secondary N) is 1. The lowest BCUT2D eigenvalue weighted by Crippen LogP contribution is -2.43. The summed E-state index contributed by atoms with van der Waals surface area (Å²) in [7, 11) is 0.